The lowest BCUT2D eigenvalue weighted by Crippen LogP contribution is -2.14. The van der Waals surface area contributed by atoms with Crippen molar-refractivity contribution in [1.82, 2.24) is 9.97 Å². The SMILES string of the molecule is NC(Cc1ccc(O)cc1)c1nc(-c2ccc(Cl)cc2Cl)c[nH]1. The predicted molar refractivity (Wildman–Crippen MR) is 92.8 cm³/mol. The van der Waals surface area contributed by atoms with Gasteiger partial charge in [-0.2, -0.15) is 0 Å². The minimum absolute atomic E-state index is 0.236. The van der Waals surface area contributed by atoms with Crippen molar-refractivity contribution in [3.63, 3.8) is 0 Å². The normalized spacial score (nSPS) is 12.3. The molecule has 1 aromatic heterocycles. The molecule has 0 aliphatic heterocycles. The lowest BCUT2D eigenvalue weighted by molar-refractivity contribution is 0.475. The van der Waals surface area contributed by atoms with E-state index in [1.807, 2.05) is 18.2 Å². The first-order chi connectivity index (χ1) is 11.0. The van der Waals surface area contributed by atoms with Crippen molar-refractivity contribution in [2.75, 3.05) is 0 Å². The zero-order chi connectivity index (χ0) is 16.4. The van der Waals surface area contributed by atoms with Gasteiger partial charge in [0, 0.05) is 16.8 Å². The number of imidazole rings is 1. The summed E-state index contributed by atoms with van der Waals surface area (Å²) >= 11 is 12.1. The number of benzene rings is 2. The van der Waals surface area contributed by atoms with Crippen LogP contribution in [0.5, 0.6) is 5.75 Å². The van der Waals surface area contributed by atoms with Crippen LogP contribution < -0.4 is 5.73 Å². The Bertz CT molecular complexity index is 815. The van der Waals surface area contributed by atoms with E-state index in [2.05, 4.69) is 9.97 Å². The molecule has 0 amide bonds. The molecule has 0 saturated carbocycles. The third kappa shape index (κ3) is 3.67. The number of hydrogen-bond acceptors (Lipinski definition) is 3. The fourth-order valence-electron chi connectivity index (χ4n) is 2.34. The van der Waals surface area contributed by atoms with Gasteiger partial charge in [0.25, 0.3) is 0 Å². The van der Waals surface area contributed by atoms with E-state index in [0.29, 0.717) is 22.3 Å². The number of aromatic nitrogens is 2. The molecule has 3 rings (SSSR count). The minimum atomic E-state index is -0.278. The summed E-state index contributed by atoms with van der Waals surface area (Å²) in [5.74, 6) is 0.916. The standard InChI is InChI=1S/C17H15Cl2N3O/c18-11-3-6-13(14(19)8-11)16-9-21-17(22-16)15(20)7-10-1-4-12(23)5-2-10/h1-6,8-9,15,23H,7,20H2,(H,21,22). The molecule has 118 valence electrons. The molecule has 0 radical (unpaired) electrons. The van der Waals surface area contributed by atoms with Gasteiger partial charge in [-0.25, -0.2) is 4.98 Å². The molecule has 0 fully saturated rings. The molecule has 1 atom stereocenters. The van der Waals surface area contributed by atoms with Crippen LogP contribution in [0, 0.1) is 0 Å². The molecule has 0 bridgehead atoms. The van der Waals surface area contributed by atoms with Crippen molar-refractivity contribution in [2.45, 2.75) is 12.5 Å². The fraction of sp³-hybridized carbons (Fsp3) is 0.118. The van der Waals surface area contributed by atoms with Crippen LogP contribution in [0.15, 0.2) is 48.7 Å². The summed E-state index contributed by atoms with van der Waals surface area (Å²) in [6.07, 6.45) is 2.39. The summed E-state index contributed by atoms with van der Waals surface area (Å²) in [5, 5.41) is 10.4. The lowest BCUT2D eigenvalue weighted by atomic mass is 10.1. The van der Waals surface area contributed by atoms with Crippen LogP contribution in [0.1, 0.15) is 17.4 Å². The Labute approximate surface area is 143 Å². The summed E-state index contributed by atoms with van der Waals surface area (Å²) in [7, 11) is 0. The highest BCUT2D eigenvalue weighted by molar-refractivity contribution is 6.36. The molecule has 4 nitrogen and oxygen atoms in total. The molecule has 1 heterocycles. The monoisotopic (exact) mass is 347 g/mol. The number of H-pyrrole nitrogens is 1. The number of phenolic OH excluding ortho intramolecular Hbond substituents is 1. The second kappa shape index (κ2) is 6.62. The highest BCUT2D eigenvalue weighted by Crippen LogP contribution is 2.29. The Morgan fingerprint density at radius 3 is 2.57 bits per heavy atom. The van der Waals surface area contributed by atoms with Crippen LogP contribution >= 0.6 is 23.2 Å². The van der Waals surface area contributed by atoms with Gasteiger partial charge in [-0.3, -0.25) is 0 Å². The van der Waals surface area contributed by atoms with Crippen LogP contribution in [0.25, 0.3) is 11.3 Å². The van der Waals surface area contributed by atoms with Crippen LogP contribution in [0.3, 0.4) is 0 Å². The van der Waals surface area contributed by atoms with E-state index < -0.39 is 0 Å². The average molecular weight is 348 g/mol. The molecule has 0 spiro atoms. The van der Waals surface area contributed by atoms with Crippen LogP contribution in [0.4, 0.5) is 0 Å². The van der Waals surface area contributed by atoms with Crippen molar-refractivity contribution in [2.24, 2.45) is 5.73 Å². The second-order valence-electron chi connectivity index (χ2n) is 5.27. The zero-order valence-electron chi connectivity index (χ0n) is 12.1. The summed E-state index contributed by atoms with van der Waals surface area (Å²) in [6, 6.07) is 12.0. The minimum Gasteiger partial charge on any atom is -0.508 e. The molecule has 0 aliphatic rings. The van der Waals surface area contributed by atoms with Gasteiger partial charge in [-0.05, 0) is 42.3 Å². The van der Waals surface area contributed by atoms with Gasteiger partial charge in [0.05, 0.1) is 16.8 Å². The van der Waals surface area contributed by atoms with Crippen LogP contribution in [-0.4, -0.2) is 15.1 Å². The van der Waals surface area contributed by atoms with Crippen molar-refractivity contribution in [3.05, 3.63) is 70.1 Å². The Kier molecular flexibility index (Phi) is 4.57. The maximum Gasteiger partial charge on any atom is 0.124 e. The molecule has 1 unspecified atom stereocenters. The number of halogens is 2. The highest BCUT2D eigenvalue weighted by atomic mass is 35.5. The third-order valence-electron chi connectivity index (χ3n) is 3.55. The van der Waals surface area contributed by atoms with Crippen LogP contribution in [0.2, 0.25) is 10.0 Å². The number of hydrogen-bond donors (Lipinski definition) is 3. The smallest absolute Gasteiger partial charge is 0.124 e. The predicted octanol–water partition coefficient (Wildman–Crippen LogP) is 4.33. The Balaban J connectivity index is 1.79. The number of phenols is 1. The van der Waals surface area contributed by atoms with Gasteiger partial charge in [0.1, 0.15) is 11.6 Å². The van der Waals surface area contributed by atoms with E-state index in [-0.39, 0.29) is 11.8 Å². The van der Waals surface area contributed by atoms with E-state index in [1.54, 1.807) is 30.5 Å². The number of nitrogens with two attached hydrogens (primary N) is 1. The number of aromatic hydroxyl groups is 1. The molecule has 3 aromatic rings. The Morgan fingerprint density at radius 2 is 1.87 bits per heavy atom. The highest BCUT2D eigenvalue weighted by Gasteiger charge is 2.14. The van der Waals surface area contributed by atoms with Crippen LogP contribution in [-0.2, 0) is 6.42 Å². The van der Waals surface area contributed by atoms with E-state index in [9.17, 15) is 5.11 Å². The largest absolute Gasteiger partial charge is 0.508 e. The van der Waals surface area contributed by atoms with Crippen molar-refractivity contribution < 1.29 is 5.11 Å². The summed E-state index contributed by atoms with van der Waals surface area (Å²) in [5.41, 5.74) is 8.76. The first kappa shape index (κ1) is 15.9. The quantitative estimate of drug-likeness (QED) is 0.657. The summed E-state index contributed by atoms with van der Waals surface area (Å²) in [4.78, 5) is 7.63. The van der Waals surface area contributed by atoms with Gasteiger partial charge >= 0.3 is 0 Å². The number of nitrogens with zero attached hydrogens (tertiary/aromatic N) is 1. The zero-order valence-corrected chi connectivity index (χ0v) is 13.6. The first-order valence-corrected chi connectivity index (χ1v) is 7.83. The van der Waals surface area contributed by atoms with Crippen molar-refractivity contribution in [1.29, 1.82) is 0 Å². The van der Waals surface area contributed by atoms with Gasteiger partial charge in [0.15, 0.2) is 0 Å². The van der Waals surface area contributed by atoms with Crippen molar-refractivity contribution in [3.8, 4) is 17.0 Å². The molecule has 6 heteroatoms. The first-order valence-electron chi connectivity index (χ1n) is 7.07. The van der Waals surface area contributed by atoms with Gasteiger partial charge < -0.3 is 15.8 Å². The molecular formula is C17H15Cl2N3O. The van der Waals surface area contributed by atoms with Gasteiger partial charge in [-0.15, -0.1) is 0 Å². The fourth-order valence-corrected chi connectivity index (χ4v) is 2.85. The van der Waals surface area contributed by atoms with Gasteiger partial charge in [-0.1, -0.05) is 35.3 Å². The maximum absolute atomic E-state index is 9.31. The lowest BCUT2D eigenvalue weighted by Gasteiger charge is -2.09. The average Bonchev–Trinajstić information content (AvgIpc) is 2.99. The Morgan fingerprint density at radius 1 is 1.13 bits per heavy atom. The molecule has 4 N–H and O–H groups in total. The number of nitrogens with one attached hydrogen (secondary N) is 1. The topological polar surface area (TPSA) is 74.9 Å². The maximum atomic E-state index is 9.31. The third-order valence-corrected chi connectivity index (χ3v) is 4.10. The molecule has 0 aliphatic carbocycles. The van der Waals surface area contributed by atoms with Crippen molar-refractivity contribution >= 4 is 23.2 Å². The molecule has 0 saturated heterocycles. The second-order valence-corrected chi connectivity index (χ2v) is 6.12. The van der Waals surface area contributed by atoms with E-state index in [0.717, 1.165) is 16.8 Å². The number of rotatable bonds is 4. The van der Waals surface area contributed by atoms with Gasteiger partial charge in [0.2, 0.25) is 0 Å². The molecular weight excluding hydrogens is 333 g/mol. The summed E-state index contributed by atoms with van der Waals surface area (Å²) in [6.45, 7) is 0. The summed E-state index contributed by atoms with van der Waals surface area (Å²) < 4.78 is 0. The van der Waals surface area contributed by atoms with E-state index >= 15 is 0 Å². The van der Waals surface area contributed by atoms with E-state index in [1.165, 1.54) is 0 Å². The molecule has 23 heavy (non-hydrogen) atoms. The molecule has 2 aromatic carbocycles. The van der Waals surface area contributed by atoms with E-state index in [4.69, 9.17) is 28.9 Å². The Hall–Kier alpha value is -2.01. The number of aromatic amines is 1.